The van der Waals surface area contributed by atoms with Crippen molar-refractivity contribution in [2.45, 2.75) is 64.5 Å². The molecule has 0 radical (unpaired) electrons. The molecule has 2 heteroatoms. The molecule has 1 aromatic carbocycles. The zero-order valence-corrected chi connectivity index (χ0v) is 14.1. The fourth-order valence-corrected chi connectivity index (χ4v) is 3.10. The molecule has 1 heterocycles. The number of hydrogen-bond acceptors (Lipinski definition) is 2. The lowest BCUT2D eigenvalue weighted by Gasteiger charge is -2.35. The predicted molar refractivity (Wildman–Crippen MR) is 89.7 cm³/mol. The van der Waals surface area contributed by atoms with Crippen LogP contribution in [-0.4, -0.2) is 24.8 Å². The van der Waals surface area contributed by atoms with Crippen molar-refractivity contribution in [2.24, 2.45) is 5.92 Å². The summed E-state index contributed by atoms with van der Waals surface area (Å²) >= 11 is 0. The van der Waals surface area contributed by atoms with E-state index in [9.17, 15) is 0 Å². The molecule has 2 rings (SSSR count). The molecule has 0 spiro atoms. The van der Waals surface area contributed by atoms with E-state index in [1.165, 1.54) is 18.4 Å². The van der Waals surface area contributed by atoms with Crippen LogP contribution in [-0.2, 0) is 4.74 Å². The lowest BCUT2D eigenvalue weighted by Crippen LogP contribution is -2.44. The summed E-state index contributed by atoms with van der Waals surface area (Å²) in [6, 6.07) is 10.8. The Bertz CT molecular complexity index is 409. The first kappa shape index (κ1) is 16.5. The van der Waals surface area contributed by atoms with Gasteiger partial charge in [-0.25, -0.2) is 0 Å². The van der Waals surface area contributed by atoms with Crippen LogP contribution in [0.2, 0.25) is 0 Å². The first-order valence-electron chi connectivity index (χ1n) is 8.37. The second-order valence-corrected chi connectivity index (χ2v) is 7.49. The largest absolute Gasteiger partial charge is 0.378 e. The van der Waals surface area contributed by atoms with Gasteiger partial charge in [-0.1, -0.05) is 37.3 Å². The van der Waals surface area contributed by atoms with Crippen molar-refractivity contribution in [3.8, 4) is 0 Å². The predicted octanol–water partition coefficient (Wildman–Crippen LogP) is 4.36. The molecule has 118 valence electrons. The number of rotatable bonds is 5. The molecule has 1 aliphatic rings. The van der Waals surface area contributed by atoms with E-state index in [4.69, 9.17) is 4.74 Å². The highest BCUT2D eigenvalue weighted by Crippen LogP contribution is 2.30. The fraction of sp³-hybridized carbons (Fsp3) is 0.684. The van der Waals surface area contributed by atoms with Crippen molar-refractivity contribution < 1.29 is 4.74 Å². The van der Waals surface area contributed by atoms with E-state index in [0.29, 0.717) is 17.9 Å². The third kappa shape index (κ3) is 5.44. The Hall–Kier alpha value is -0.860. The maximum absolute atomic E-state index is 6.11. The smallest absolute Gasteiger partial charge is 0.0621 e. The zero-order valence-electron chi connectivity index (χ0n) is 14.1. The second-order valence-electron chi connectivity index (χ2n) is 7.49. The van der Waals surface area contributed by atoms with E-state index in [1.54, 1.807) is 0 Å². The van der Waals surface area contributed by atoms with Crippen LogP contribution in [0, 0.1) is 5.92 Å². The minimum atomic E-state index is 0.188. The summed E-state index contributed by atoms with van der Waals surface area (Å²) in [5.41, 5.74) is 1.61. The van der Waals surface area contributed by atoms with Gasteiger partial charge in [0.1, 0.15) is 0 Å². The maximum Gasteiger partial charge on any atom is 0.0621 e. The highest BCUT2D eigenvalue weighted by atomic mass is 16.5. The minimum Gasteiger partial charge on any atom is -0.378 e. The molecule has 21 heavy (non-hydrogen) atoms. The molecule has 2 nitrogen and oxygen atoms in total. The van der Waals surface area contributed by atoms with Gasteiger partial charge in [0.2, 0.25) is 0 Å². The standard InChI is InChI=1S/C19H31NO/c1-15(16-9-6-5-7-10-16)13-18-17(11-8-12-21-18)14-20-19(2,3)4/h5-7,9-10,15,17-18,20H,8,11-14H2,1-4H3. The molecule has 3 atom stereocenters. The lowest BCUT2D eigenvalue weighted by molar-refractivity contribution is -0.0344. The monoisotopic (exact) mass is 289 g/mol. The number of ether oxygens (including phenoxy) is 1. The van der Waals surface area contributed by atoms with E-state index in [2.05, 4.69) is 63.3 Å². The third-order valence-corrected chi connectivity index (χ3v) is 4.43. The normalized spacial score (nSPS) is 24.8. The number of nitrogens with one attached hydrogen (secondary N) is 1. The minimum absolute atomic E-state index is 0.188. The van der Waals surface area contributed by atoms with Crippen LogP contribution in [0.3, 0.4) is 0 Å². The van der Waals surface area contributed by atoms with Crippen LogP contribution in [0.15, 0.2) is 30.3 Å². The summed E-state index contributed by atoms with van der Waals surface area (Å²) in [6.45, 7) is 11.0. The van der Waals surface area contributed by atoms with Crippen LogP contribution in [0.5, 0.6) is 0 Å². The van der Waals surface area contributed by atoms with Gasteiger partial charge in [-0.05, 0) is 57.4 Å². The van der Waals surface area contributed by atoms with Gasteiger partial charge in [-0.15, -0.1) is 0 Å². The SMILES string of the molecule is CC(CC1OCCCC1CNC(C)(C)C)c1ccccc1. The molecule has 0 amide bonds. The molecule has 0 bridgehead atoms. The zero-order chi connectivity index (χ0) is 15.3. The average Bonchev–Trinajstić information content (AvgIpc) is 2.46. The maximum atomic E-state index is 6.11. The second kappa shape index (κ2) is 7.42. The highest BCUT2D eigenvalue weighted by molar-refractivity contribution is 5.18. The van der Waals surface area contributed by atoms with Crippen molar-refractivity contribution in [1.29, 1.82) is 0 Å². The molecular weight excluding hydrogens is 258 g/mol. The van der Waals surface area contributed by atoms with Gasteiger partial charge in [0.25, 0.3) is 0 Å². The van der Waals surface area contributed by atoms with Crippen LogP contribution >= 0.6 is 0 Å². The van der Waals surface area contributed by atoms with Crippen LogP contribution in [0.4, 0.5) is 0 Å². The van der Waals surface area contributed by atoms with Gasteiger partial charge in [0, 0.05) is 18.7 Å². The van der Waals surface area contributed by atoms with Crippen LogP contribution in [0.25, 0.3) is 0 Å². The summed E-state index contributed by atoms with van der Waals surface area (Å²) in [4.78, 5) is 0. The topological polar surface area (TPSA) is 21.3 Å². The molecule has 1 fully saturated rings. The molecule has 1 N–H and O–H groups in total. The quantitative estimate of drug-likeness (QED) is 0.869. The van der Waals surface area contributed by atoms with Gasteiger partial charge in [-0.2, -0.15) is 0 Å². The molecule has 0 aromatic heterocycles. The Morgan fingerprint density at radius 1 is 1.24 bits per heavy atom. The van der Waals surface area contributed by atoms with E-state index < -0.39 is 0 Å². The first-order chi connectivity index (χ1) is 9.96. The summed E-state index contributed by atoms with van der Waals surface area (Å²) in [7, 11) is 0. The van der Waals surface area contributed by atoms with E-state index in [1.807, 2.05) is 0 Å². The number of benzene rings is 1. The lowest BCUT2D eigenvalue weighted by atomic mass is 9.85. The Morgan fingerprint density at radius 3 is 2.62 bits per heavy atom. The van der Waals surface area contributed by atoms with Gasteiger partial charge < -0.3 is 10.1 Å². The highest BCUT2D eigenvalue weighted by Gasteiger charge is 2.28. The van der Waals surface area contributed by atoms with Gasteiger partial charge in [0.15, 0.2) is 0 Å². The first-order valence-corrected chi connectivity index (χ1v) is 8.37. The van der Waals surface area contributed by atoms with Crippen molar-refractivity contribution in [2.75, 3.05) is 13.2 Å². The summed E-state index contributed by atoms with van der Waals surface area (Å²) in [5.74, 6) is 1.20. The van der Waals surface area contributed by atoms with Crippen molar-refractivity contribution >= 4 is 0 Å². The molecule has 1 aromatic rings. The Morgan fingerprint density at radius 2 is 1.95 bits per heavy atom. The summed E-state index contributed by atoms with van der Waals surface area (Å²) in [5, 5.41) is 3.65. The number of hydrogen-bond donors (Lipinski definition) is 1. The molecule has 3 unspecified atom stereocenters. The van der Waals surface area contributed by atoms with Crippen molar-refractivity contribution in [1.82, 2.24) is 5.32 Å². The van der Waals surface area contributed by atoms with E-state index in [0.717, 1.165) is 19.6 Å². The van der Waals surface area contributed by atoms with Crippen LogP contribution in [0.1, 0.15) is 58.4 Å². The van der Waals surface area contributed by atoms with Crippen molar-refractivity contribution in [3.63, 3.8) is 0 Å². The molecule has 1 aliphatic heterocycles. The average molecular weight is 289 g/mol. The molecular formula is C19H31NO. The molecule has 0 aliphatic carbocycles. The van der Waals surface area contributed by atoms with Gasteiger partial charge in [-0.3, -0.25) is 0 Å². The fourth-order valence-electron chi connectivity index (χ4n) is 3.10. The van der Waals surface area contributed by atoms with Gasteiger partial charge in [0.05, 0.1) is 6.10 Å². The molecule has 0 saturated carbocycles. The van der Waals surface area contributed by atoms with Crippen LogP contribution < -0.4 is 5.32 Å². The summed E-state index contributed by atoms with van der Waals surface area (Å²) in [6.07, 6.45) is 4.01. The Labute approximate surface area is 130 Å². The van der Waals surface area contributed by atoms with Gasteiger partial charge >= 0.3 is 0 Å². The molecule has 1 saturated heterocycles. The Kier molecular flexibility index (Phi) is 5.83. The van der Waals surface area contributed by atoms with Crippen molar-refractivity contribution in [3.05, 3.63) is 35.9 Å². The third-order valence-electron chi connectivity index (χ3n) is 4.43. The summed E-state index contributed by atoms with van der Waals surface area (Å²) < 4.78 is 6.11. The van der Waals surface area contributed by atoms with E-state index in [-0.39, 0.29) is 5.54 Å². The van der Waals surface area contributed by atoms with E-state index >= 15 is 0 Å². The Balaban J connectivity index is 1.92.